The monoisotopic (exact) mass is 207 g/mol. The largest absolute Gasteiger partial charge is 0.368 e. The fourth-order valence-corrected chi connectivity index (χ4v) is 1.81. The van der Waals surface area contributed by atoms with Gasteiger partial charge in [-0.2, -0.15) is 0 Å². The Bertz CT molecular complexity index is 285. The predicted octanol–water partition coefficient (Wildman–Crippen LogP) is 1.31. The summed E-state index contributed by atoms with van der Waals surface area (Å²) in [6, 6.07) is 0. The molecule has 15 heavy (non-hydrogen) atoms. The van der Waals surface area contributed by atoms with Crippen molar-refractivity contribution in [1.82, 2.24) is 15.3 Å². The van der Waals surface area contributed by atoms with E-state index in [4.69, 9.17) is 4.74 Å². The van der Waals surface area contributed by atoms with Gasteiger partial charge < -0.3 is 10.1 Å². The Morgan fingerprint density at radius 2 is 2.47 bits per heavy atom. The Labute approximate surface area is 90.1 Å². The van der Waals surface area contributed by atoms with Crippen molar-refractivity contribution in [2.45, 2.75) is 32.0 Å². The van der Waals surface area contributed by atoms with E-state index in [1.165, 1.54) is 6.42 Å². The molecule has 4 heteroatoms. The van der Waals surface area contributed by atoms with E-state index in [-0.39, 0.29) is 6.10 Å². The fourth-order valence-electron chi connectivity index (χ4n) is 1.81. The Morgan fingerprint density at radius 3 is 3.13 bits per heavy atom. The number of aromatic nitrogens is 2. The molecule has 1 aliphatic rings. The molecule has 1 aromatic heterocycles. The highest BCUT2D eigenvalue weighted by molar-refractivity contribution is 4.98. The lowest BCUT2D eigenvalue weighted by molar-refractivity contribution is -0.0171. The second kappa shape index (κ2) is 5.19. The molecule has 0 amide bonds. The first-order valence-electron chi connectivity index (χ1n) is 5.48. The summed E-state index contributed by atoms with van der Waals surface area (Å²) in [5, 5.41) is 3.33. The van der Waals surface area contributed by atoms with Gasteiger partial charge in [-0.1, -0.05) is 0 Å². The molecule has 1 aliphatic heterocycles. The second-order valence-corrected chi connectivity index (χ2v) is 3.88. The molecule has 0 radical (unpaired) electrons. The number of hydrogen-bond acceptors (Lipinski definition) is 4. The summed E-state index contributed by atoms with van der Waals surface area (Å²) in [7, 11) is 0. The molecule has 2 rings (SSSR count). The molecule has 2 heterocycles. The maximum Gasteiger partial charge on any atom is 0.0986 e. The van der Waals surface area contributed by atoms with Gasteiger partial charge in [0.05, 0.1) is 24.1 Å². The zero-order chi connectivity index (χ0) is 10.5. The first-order valence-corrected chi connectivity index (χ1v) is 5.48. The van der Waals surface area contributed by atoms with Crippen LogP contribution in [0.3, 0.4) is 0 Å². The molecule has 1 aromatic rings. The van der Waals surface area contributed by atoms with Gasteiger partial charge in [-0.25, -0.2) is 0 Å². The van der Waals surface area contributed by atoms with Crippen molar-refractivity contribution in [2.24, 2.45) is 0 Å². The smallest absolute Gasteiger partial charge is 0.0986 e. The van der Waals surface area contributed by atoms with Crippen molar-refractivity contribution >= 4 is 0 Å². The summed E-state index contributed by atoms with van der Waals surface area (Å²) in [4.78, 5) is 8.28. The van der Waals surface area contributed by atoms with Gasteiger partial charge in [0.2, 0.25) is 0 Å². The molecule has 82 valence electrons. The van der Waals surface area contributed by atoms with Gasteiger partial charge in [0.1, 0.15) is 0 Å². The number of rotatable bonds is 3. The van der Waals surface area contributed by atoms with Crippen LogP contribution in [0.2, 0.25) is 0 Å². The van der Waals surface area contributed by atoms with Gasteiger partial charge in [0.25, 0.3) is 0 Å². The van der Waals surface area contributed by atoms with Crippen LogP contribution in [0.5, 0.6) is 0 Å². The molecule has 0 aliphatic carbocycles. The summed E-state index contributed by atoms with van der Waals surface area (Å²) < 4.78 is 5.91. The average Bonchev–Trinajstić information content (AvgIpc) is 2.31. The van der Waals surface area contributed by atoms with E-state index < -0.39 is 0 Å². The summed E-state index contributed by atoms with van der Waals surface area (Å²) >= 11 is 0. The van der Waals surface area contributed by atoms with Gasteiger partial charge in [-0.05, 0) is 26.3 Å². The van der Waals surface area contributed by atoms with E-state index in [9.17, 15) is 0 Å². The lowest BCUT2D eigenvalue weighted by atomic mass is 10.1. The molecule has 4 nitrogen and oxygen atoms in total. The predicted molar refractivity (Wildman–Crippen MR) is 57.4 cm³/mol. The van der Waals surface area contributed by atoms with Gasteiger partial charge >= 0.3 is 0 Å². The summed E-state index contributed by atoms with van der Waals surface area (Å²) in [5.41, 5.74) is 0.906. The second-order valence-electron chi connectivity index (χ2n) is 3.88. The highest BCUT2D eigenvalue weighted by Crippen LogP contribution is 2.18. The van der Waals surface area contributed by atoms with Crippen molar-refractivity contribution in [3.8, 4) is 0 Å². The fraction of sp³-hybridized carbons (Fsp3) is 0.636. The number of ether oxygens (including phenoxy) is 1. The molecule has 0 aromatic carbocycles. The number of nitrogens with zero attached hydrogens (tertiary/aromatic N) is 2. The molecular formula is C11H17N3O. The van der Waals surface area contributed by atoms with E-state index in [0.717, 1.165) is 25.2 Å². The Morgan fingerprint density at radius 1 is 1.53 bits per heavy atom. The molecule has 0 saturated carbocycles. The van der Waals surface area contributed by atoms with Crippen LogP contribution in [0.15, 0.2) is 18.6 Å². The van der Waals surface area contributed by atoms with Crippen LogP contribution >= 0.6 is 0 Å². The van der Waals surface area contributed by atoms with Crippen molar-refractivity contribution in [3.05, 3.63) is 24.3 Å². The van der Waals surface area contributed by atoms with Crippen molar-refractivity contribution in [2.75, 3.05) is 13.1 Å². The van der Waals surface area contributed by atoms with E-state index in [0.29, 0.717) is 6.10 Å². The molecule has 0 bridgehead atoms. The number of piperidine rings is 1. The van der Waals surface area contributed by atoms with E-state index in [1.54, 1.807) is 18.6 Å². The Kier molecular flexibility index (Phi) is 3.64. The Hall–Kier alpha value is -1.00. The molecule has 1 fully saturated rings. The van der Waals surface area contributed by atoms with Crippen molar-refractivity contribution < 1.29 is 4.74 Å². The van der Waals surface area contributed by atoms with Crippen LogP contribution < -0.4 is 5.32 Å². The highest BCUT2D eigenvalue weighted by atomic mass is 16.5. The molecular weight excluding hydrogens is 190 g/mol. The zero-order valence-corrected chi connectivity index (χ0v) is 9.02. The summed E-state index contributed by atoms with van der Waals surface area (Å²) in [6.07, 6.45) is 7.82. The quantitative estimate of drug-likeness (QED) is 0.811. The van der Waals surface area contributed by atoms with Crippen molar-refractivity contribution in [1.29, 1.82) is 0 Å². The third-order valence-electron chi connectivity index (χ3n) is 2.65. The topological polar surface area (TPSA) is 47.0 Å². The molecule has 0 spiro atoms. The average molecular weight is 207 g/mol. The van der Waals surface area contributed by atoms with Crippen molar-refractivity contribution in [3.63, 3.8) is 0 Å². The minimum absolute atomic E-state index is 0.0311. The zero-order valence-electron chi connectivity index (χ0n) is 9.02. The lowest BCUT2D eigenvalue weighted by Gasteiger charge is -2.26. The summed E-state index contributed by atoms with van der Waals surface area (Å²) in [5.74, 6) is 0. The lowest BCUT2D eigenvalue weighted by Crippen LogP contribution is -2.35. The first-order chi connectivity index (χ1) is 7.36. The van der Waals surface area contributed by atoms with Crippen LogP contribution in [0, 0.1) is 0 Å². The van der Waals surface area contributed by atoms with E-state index >= 15 is 0 Å². The number of hydrogen-bond donors (Lipinski definition) is 1. The minimum Gasteiger partial charge on any atom is -0.368 e. The van der Waals surface area contributed by atoms with Crippen LogP contribution in [0.1, 0.15) is 31.6 Å². The van der Waals surface area contributed by atoms with Crippen LogP contribution in [-0.2, 0) is 4.74 Å². The van der Waals surface area contributed by atoms with E-state index in [2.05, 4.69) is 15.3 Å². The normalized spacial score (nSPS) is 23.7. The first kappa shape index (κ1) is 10.5. The molecule has 1 saturated heterocycles. The van der Waals surface area contributed by atoms with Gasteiger partial charge in [0, 0.05) is 18.9 Å². The van der Waals surface area contributed by atoms with Gasteiger partial charge in [-0.3, -0.25) is 9.97 Å². The third kappa shape index (κ3) is 2.97. The molecule has 2 atom stereocenters. The highest BCUT2D eigenvalue weighted by Gasteiger charge is 2.17. The third-order valence-corrected chi connectivity index (χ3v) is 2.65. The SMILES string of the molecule is CC(OC1CCCNC1)c1cnccn1. The standard InChI is InChI=1S/C11H17N3O/c1-9(11-8-13-5-6-14-11)15-10-3-2-4-12-7-10/h5-6,8-10,12H,2-4,7H2,1H3. The van der Waals surface area contributed by atoms with E-state index in [1.807, 2.05) is 6.92 Å². The molecule has 1 N–H and O–H groups in total. The minimum atomic E-state index is 0.0311. The summed E-state index contributed by atoms with van der Waals surface area (Å²) in [6.45, 7) is 4.09. The van der Waals surface area contributed by atoms with Crippen LogP contribution in [0.25, 0.3) is 0 Å². The van der Waals surface area contributed by atoms with Gasteiger partial charge in [-0.15, -0.1) is 0 Å². The van der Waals surface area contributed by atoms with Crippen LogP contribution in [0.4, 0.5) is 0 Å². The van der Waals surface area contributed by atoms with Gasteiger partial charge in [0.15, 0.2) is 0 Å². The van der Waals surface area contributed by atoms with Crippen LogP contribution in [-0.4, -0.2) is 29.2 Å². The number of nitrogens with one attached hydrogen (secondary N) is 1. The Balaban J connectivity index is 1.88. The maximum absolute atomic E-state index is 5.91. The molecule has 2 unspecified atom stereocenters. The maximum atomic E-state index is 5.91.